The molecule has 7 heteroatoms. The first-order chi connectivity index (χ1) is 10.3. The van der Waals surface area contributed by atoms with Crippen LogP contribution in [0.25, 0.3) is 0 Å². The molecular weight excluding hydrogens is 309 g/mol. The summed E-state index contributed by atoms with van der Waals surface area (Å²) in [6.07, 6.45) is 0. The van der Waals surface area contributed by atoms with Crippen molar-refractivity contribution in [3.8, 4) is 0 Å². The van der Waals surface area contributed by atoms with Gasteiger partial charge < -0.3 is 4.74 Å². The topological polar surface area (TPSA) is 72.5 Å². The van der Waals surface area contributed by atoms with Crippen molar-refractivity contribution in [1.82, 2.24) is 0 Å². The number of hydrogen-bond donors (Lipinski definition) is 1. The molecule has 0 radical (unpaired) electrons. The minimum atomic E-state index is -4.01. The average molecular weight is 323 g/mol. The minimum Gasteiger partial charge on any atom is -0.465 e. The van der Waals surface area contributed by atoms with Crippen LogP contribution in [-0.4, -0.2) is 21.5 Å². The van der Waals surface area contributed by atoms with Gasteiger partial charge in [0.15, 0.2) is 0 Å². The second-order valence-electron chi connectivity index (χ2n) is 4.61. The number of ether oxygens (including phenoxy) is 1. The zero-order valence-electron chi connectivity index (χ0n) is 12.0. The van der Waals surface area contributed by atoms with Crippen LogP contribution in [0.3, 0.4) is 0 Å². The fourth-order valence-corrected chi connectivity index (χ4v) is 2.93. The van der Waals surface area contributed by atoms with Crippen molar-refractivity contribution in [2.75, 3.05) is 11.8 Å². The van der Waals surface area contributed by atoms with Crippen molar-refractivity contribution in [2.45, 2.75) is 11.8 Å². The van der Waals surface area contributed by atoms with E-state index in [9.17, 15) is 17.6 Å². The highest BCUT2D eigenvalue weighted by Gasteiger charge is 2.18. The first-order valence-electron chi connectivity index (χ1n) is 6.31. The molecule has 0 aliphatic rings. The van der Waals surface area contributed by atoms with E-state index in [1.165, 1.54) is 43.5 Å². The monoisotopic (exact) mass is 323 g/mol. The molecule has 0 spiro atoms. The third kappa shape index (κ3) is 3.43. The van der Waals surface area contributed by atoms with Gasteiger partial charge in [0.1, 0.15) is 5.82 Å². The van der Waals surface area contributed by atoms with Crippen molar-refractivity contribution >= 4 is 21.7 Å². The molecule has 0 bridgehead atoms. The largest absolute Gasteiger partial charge is 0.465 e. The lowest BCUT2D eigenvalue weighted by Gasteiger charge is -2.10. The van der Waals surface area contributed by atoms with E-state index < -0.39 is 21.8 Å². The summed E-state index contributed by atoms with van der Waals surface area (Å²) in [5.74, 6) is -1.33. The van der Waals surface area contributed by atoms with Crippen LogP contribution in [0.5, 0.6) is 0 Å². The number of esters is 1. The summed E-state index contributed by atoms with van der Waals surface area (Å²) in [6.45, 7) is 1.70. The van der Waals surface area contributed by atoms with Gasteiger partial charge in [-0.25, -0.2) is 17.6 Å². The van der Waals surface area contributed by atoms with E-state index in [-0.39, 0.29) is 16.1 Å². The Hall–Kier alpha value is -2.41. The molecule has 0 fully saturated rings. The van der Waals surface area contributed by atoms with Crippen LogP contribution in [0.4, 0.5) is 10.1 Å². The quantitative estimate of drug-likeness (QED) is 0.878. The molecule has 0 saturated carbocycles. The first-order valence-corrected chi connectivity index (χ1v) is 7.79. The number of methoxy groups -OCH3 is 1. The number of sulfonamides is 1. The Morgan fingerprint density at radius 3 is 2.55 bits per heavy atom. The number of carbonyl (C=O) groups is 1. The third-order valence-electron chi connectivity index (χ3n) is 2.93. The average Bonchev–Trinajstić information content (AvgIpc) is 2.49. The first kappa shape index (κ1) is 16.0. The number of halogens is 1. The Morgan fingerprint density at radius 1 is 1.18 bits per heavy atom. The molecule has 0 aliphatic heterocycles. The van der Waals surface area contributed by atoms with Crippen LogP contribution in [0, 0.1) is 12.7 Å². The molecule has 1 N–H and O–H groups in total. The summed E-state index contributed by atoms with van der Waals surface area (Å²) in [5.41, 5.74) is 0.608. The van der Waals surface area contributed by atoms with E-state index in [4.69, 9.17) is 0 Å². The van der Waals surface area contributed by atoms with E-state index in [0.717, 1.165) is 0 Å². The third-order valence-corrected chi connectivity index (χ3v) is 4.30. The maximum absolute atomic E-state index is 13.8. The van der Waals surface area contributed by atoms with Crippen LogP contribution >= 0.6 is 0 Å². The highest BCUT2D eigenvalue weighted by molar-refractivity contribution is 7.92. The lowest BCUT2D eigenvalue weighted by Crippen LogP contribution is -2.15. The van der Waals surface area contributed by atoms with Gasteiger partial charge in [0.25, 0.3) is 10.0 Å². The number of carbonyl (C=O) groups excluding carboxylic acids is 1. The molecule has 2 aromatic carbocycles. The van der Waals surface area contributed by atoms with Gasteiger partial charge in [0.05, 0.1) is 23.3 Å². The molecule has 0 unspecified atom stereocenters. The van der Waals surface area contributed by atoms with Gasteiger partial charge >= 0.3 is 5.97 Å². The van der Waals surface area contributed by atoms with E-state index >= 15 is 0 Å². The second-order valence-corrected chi connectivity index (χ2v) is 6.29. The Labute approximate surface area is 127 Å². The zero-order valence-corrected chi connectivity index (χ0v) is 12.8. The maximum Gasteiger partial charge on any atom is 0.337 e. The van der Waals surface area contributed by atoms with Crippen molar-refractivity contribution in [1.29, 1.82) is 0 Å². The molecule has 0 atom stereocenters. The number of hydrogen-bond acceptors (Lipinski definition) is 4. The summed E-state index contributed by atoms with van der Waals surface area (Å²) in [6, 6.07) is 9.46. The van der Waals surface area contributed by atoms with Gasteiger partial charge in [-0.2, -0.15) is 0 Å². The maximum atomic E-state index is 13.8. The summed E-state index contributed by atoms with van der Waals surface area (Å²) >= 11 is 0. The highest BCUT2D eigenvalue weighted by Crippen LogP contribution is 2.21. The summed E-state index contributed by atoms with van der Waals surface area (Å²) in [4.78, 5) is 11.3. The van der Waals surface area contributed by atoms with Gasteiger partial charge in [0, 0.05) is 0 Å². The predicted octanol–water partition coefficient (Wildman–Crippen LogP) is 2.72. The lowest BCUT2D eigenvalue weighted by atomic mass is 10.2. The molecule has 0 aromatic heterocycles. The molecule has 116 valence electrons. The number of rotatable bonds is 4. The molecule has 0 heterocycles. The summed E-state index contributed by atoms with van der Waals surface area (Å²) in [5, 5.41) is 0. The Bertz CT molecular complexity index is 818. The Kier molecular flexibility index (Phi) is 4.46. The SMILES string of the molecule is COC(=O)c1cccc(S(=O)(=O)Nc2ccc(C)cc2F)c1. The molecule has 22 heavy (non-hydrogen) atoms. The normalized spacial score (nSPS) is 11.0. The van der Waals surface area contributed by atoms with E-state index in [1.54, 1.807) is 13.0 Å². The molecule has 2 aromatic rings. The van der Waals surface area contributed by atoms with Gasteiger partial charge in [0.2, 0.25) is 0 Å². The zero-order chi connectivity index (χ0) is 16.3. The fourth-order valence-electron chi connectivity index (χ4n) is 1.81. The molecule has 5 nitrogen and oxygen atoms in total. The number of aryl methyl sites for hydroxylation is 1. The van der Waals surface area contributed by atoms with Crippen molar-refractivity contribution in [3.63, 3.8) is 0 Å². The van der Waals surface area contributed by atoms with Crippen molar-refractivity contribution in [2.24, 2.45) is 0 Å². The number of anilines is 1. The fraction of sp³-hybridized carbons (Fsp3) is 0.133. The lowest BCUT2D eigenvalue weighted by molar-refractivity contribution is 0.0600. The Morgan fingerprint density at radius 2 is 1.91 bits per heavy atom. The molecule has 0 aliphatic carbocycles. The van der Waals surface area contributed by atoms with Gasteiger partial charge in [-0.1, -0.05) is 12.1 Å². The Balaban J connectivity index is 2.36. The van der Waals surface area contributed by atoms with Crippen molar-refractivity contribution < 1.29 is 22.3 Å². The van der Waals surface area contributed by atoms with E-state index in [1.807, 2.05) is 0 Å². The van der Waals surface area contributed by atoms with E-state index in [0.29, 0.717) is 5.56 Å². The number of benzene rings is 2. The molecule has 2 rings (SSSR count). The second kappa shape index (κ2) is 6.15. The van der Waals surface area contributed by atoms with E-state index in [2.05, 4.69) is 9.46 Å². The molecule has 0 saturated heterocycles. The van der Waals surface area contributed by atoms with Gasteiger partial charge in [-0.05, 0) is 42.8 Å². The standard InChI is InChI=1S/C15H14FNO4S/c1-10-6-7-14(13(16)8-10)17-22(19,20)12-5-3-4-11(9-12)15(18)21-2/h3-9,17H,1-2H3. The van der Waals surface area contributed by atoms with Crippen LogP contribution in [0.15, 0.2) is 47.4 Å². The van der Waals surface area contributed by atoms with Crippen LogP contribution in [0.1, 0.15) is 15.9 Å². The predicted molar refractivity (Wildman–Crippen MR) is 79.7 cm³/mol. The molecular formula is C15H14FNO4S. The van der Waals surface area contributed by atoms with Gasteiger partial charge in [-0.15, -0.1) is 0 Å². The van der Waals surface area contributed by atoms with Crippen LogP contribution < -0.4 is 4.72 Å². The number of nitrogens with one attached hydrogen (secondary N) is 1. The van der Waals surface area contributed by atoms with Crippen LogP contribution in [0.2, 0.25) is 0 Å². The van der Waals surface area contributed by atoms with Crippen molar-refractivity contribution in [3.05, 3.63) is 59.4 Å². The van der Waals surface area contributed by atoms with Crippen LogP contribution in [-0.2, 0) is 14.8 Å². The summed E-state index contributed by atoms with van der Waals surface area (Å²) < 4.78 is 45.0. The van der Waals surface area contributed by atoms with Gasteiger partial charge in [-0.3, -0.25) is 4.72 Å². The molecule has 0 amide bonds. The highest BCUT2D eigenvalue weighted by atomic mass is 32.2. The smallest absolute Gasteiger partial charge is 0.337 e. The summed E-state index contributed by atoms with van der Waals surface area (Å²) in [7, 11) is -2.81. The minimum absolute atomic E-state index is 0.0924.